The van der Waals surface area contributed by atoms with Crippen molar-refractivity contribution in [3.63, 3.8) is 0 Å². The third kappa shape index (κ3) is 5.13. The molecule has 10 nitrogen and oxygen atoms in total. The third-order valence-electron chi connectivity index (χ3n) is 4.20. The van der Waals surface area contributed by atoms with Gasteiger partial charge in [0.05, 0.1) is 21.2 Å². The summed E-state index contributed by atoms with van der Waals surface area (Å²) in [6, 6.07) is 12.7. The number of benzene rings is 2. The number of hydrogen-bond acceptors (Lipinski definition) is 6. The van der Waals surface area contributed by atoms with Gasteiger partial charge in [0, 0.05) is 29.8 Å². The molecule has 1 aromatic heterocycles. The normalized spacial score (nSPS) is 11.5. The summed E-state index contributed by atoms with van der Waals surface area (Å²) in [6.07, 6.45) is 0. The van der Waals surface area contributed by atoms with Gasteiger partial charge < -0.3 is 5.32 Å². The average molecular weight is 443 g/mol. The van der Waals surface area contributed by atoms with E-state index in [-0.39, 0.29) is 22.2 Å². The van der Waals surface area contributed by atoms with Crippen LogP contribution in [0.4, 0.5) is 11.5 Å². The number of nitrogens with one attached hydrogen (secondary N) is 2. The molecule has 0 aliphatic carbocycles. The number of aromatic nitrogens is 2. The molecule has 0 atom stereocenters. The Morgan fingerprint density at radius 1 is 1.10 bits per heavy atom. The van der Waals surface area contributed by atoms with Gasteiger partial charge in [-0.15, -0.1) is 0 Å². The van der Waals surface area contributed by atoms with Crippen molar-refractivity contribution in [3.8, 4) is 5.69 Å². The van der Waals surface area contributed by atoms with Gasteiger partial charge in [-0.1, -0.05) is 0 Å². The number of nitrogens with zero attached hydrogens (tertiary/aromatic N) is 3. The van der Waals surface area contributed by atoms with E-state index in [0.29, 0.717) is 17.2 Å². The Balaban J connectivity index is 1.82. The summed E-state index contributed by atoms with van der Waals surface area (Å²) in [5.41, 5.74) is 1.38. The molecule has 0 radical (unpaired) electrons. The van der Waals surface area contributed by atoms with Crippen LogP contribution < -0.4 is 10.0 Å². The molecule has 2 aromatic carbocycles. The van der Waals surface area contributed by atoms with Crippen molar-refractivity contribution in [2.75, 3.05) is 5.32 Å². The Bertz CT molecular complexity index is 1220. The molecule has 31 heavy (non-hydrogen) atoms. The molecule has 0 saturated carbocycles. The fourth-order valence-corrected chi connectivity index (χ4v) is 4.10. The van der Waals surface area contributed by atoms with Crippen molar-refractivity contribution in [2.24, 2.45) is 0 Å². The lowest BCUT2D eigenvalue weighted by Gasteiger charge is -2.11. The smallest absolute Gasteiger partial charge is 0.269 e. The second-order valence-electron chi connectivity index (χ2n) is 7.11. The van der Waals surface area contributed by atoms with Crippen LogP contribution in [0.15, 0.2) is 59.5 Å². The number of anilines is 1. The van der Waals surface area contributed by atoms with Gasteiger partial charge in [-0.05, 0) is 57.2 Å². The van der Waals surface area contributed by atoms with Crippen LogP contribution in [0.25, 0.3) is 5.69 Å². The molecule has 1 amide bonds. The highest BCUT2D eigenvalue weighted by molar-refractivity contribution is 7.89. The summed E-state index contributed by atoms with van der Waals surface area (Å²) in [5, 5.41) is 17.9. The lowest BCUT2D eigenvalue weighted by molar-refractivity contribution is -0.384. The van der Waals surface area contributed by atoms with Crippen LogP contribution in [0.3, 0.4) is 0 Å². The number of amides is 1. The lowest BCUT2D eigenvalue weighted by Crippen LogP contribution is -2.30. The fourth-order valence-electron chi connectivity index (χ4n) is 2.85. The number of aryl methyl sites for hydroxylation is 1. The minimum Gasteiger partial charge on any atom is -0.306 e. The van der Waals surface area contributed by atoms with Crippen molar-refractivity contribution in [1.29, 1.82) is 0 Å². The summed E-state index contributed by atoms with van der Waals surface area (Å²) in [4.78, 5) is 23.1. The van der Waals surface area contributed by atoms with E-state index in [1.54, 1.807) is 26.8 Å². The highest BCUT2D eigenvalue weighted by Crippen LogP contribution is 2.21. The van der Waals surface area contributed by atoms with Gasteiger partial charge in [-0.2, -0.15) is 5.10 Å². The number of nitro benzene ring substituents is 1. The third-order valence-corrected chi connectivity index (χ3v) is 5.87. The first-order chi connectivity index (χ1) is 14.6. The van der Waals surface area contributed by atoms with Gasteiger partial charge in [-0.25, -0.2) is 17.8 Å². The van der Waals surface area contributed by atoms with Crippen LogP contribution >= 0.6 is 0 Å². The van der Waals surface area contributed by atoms with E-state index in [1.165, 1.54) is 53.2 Å². The van der Waals surface area contributed by atoms with Crippen LogP contribution in [0.5, 0.6) is 0 Å². The molecule has 2 N–H and O–H groups in total. The van der Waals surface area contributed by atoms with E-state index in [2.05, 4.69) is 15.1 Å². The molecule has 0 aliphatic heterocycles. The summed E-state index contributed by atoms with van der Waals surface area (Å²) in [6.45, 7) is 5.18. The Hall–Kier alpha value is -3.57. The molecule has 3 aromatic rings. The van der Waals surface area contributed by atoms with Crippen LogP contribution in [-0.4, -0.2) is 35.1 Å². The zero-order chi connectivity index (χ0) is 22.8. The number of carbonyl (C=O) groups excluding carboxylic acids is 1. The van der Waals surface area contributed by atoms with Crippen molar-refractivity contribution in [2.45, 2.75) is 31.7 Å². The first-order valence-corrected chi connectivity index (χ1v) is 10.8. The van der Waals surface area contributed by atoms with E-state index in [1.807, 2.05) is 0 Å². The fraction of sp³-hybridized carbons (Fsp3) is 0.200. The van der Waals surface area contributed by atoms with Crippen LogP contribution in [0, 0.1) is 17.0 Å². The summed E-state index contributed by atoms with van der Waals surface area (Å²) in [5.74, 6) is -0.0849. The monoisotopic (exact) mass is 443 g/mol. The maximum absolute atomic E-state index is 12.7. The van der Waals surface area contributed by atoms with Crippen molar-refractivity contribution >= 4 is 27.4 Å². The van der Waals surface area contributed by atoms with E-state index < -0.39 is 20.9 Å². The molecule has 1 heterocycles. The number of non-ortho nitro benzene ring substituents is 1. The van der Waals surface area contributed by atoms with Crippen LogP contribution in [-0.2, 0) is 10.0 Å². The topological polar surface area (TPSA) is 136 Å². The van der Waals surface area contributed by atoms with Gasteiger partial charge in [0.1, 0.15) is 5.82 Å². The van der Waals surface area contributed by atoms with Crippen molar-refractivity contribution in [3.05, 3.63) is 76.0 Å². The highest BCUT2D eigenvalue weighted by atomic mass is 32.2. The summed E-state index contributed by atoms with van der Waals surface area (Å²) in [7, 11) is -3.65. The Morgan fingerprint density at radius 3 is 2.26 bits per heavy atom. The molecule has 11 heteroatoms. The van der Waals surface area contributed by atoms with Crippen LogP contribution in [0.2, 0.25) is 0 Å². The molecule has 0 bridgehead atoms. The van der Waals surface area contributed by atoms with Gasteiger partial charge in [0.15, 0.2) is 0 Å². The maximum atomic E-state index is 12.7. The standard InChI is InChI=1S/C20H21N5O5S/c1-13(2)23-31(29,30)18-10-4-15(5-11-18)20(26)21-19-12-14(3)22-24(19)16-6-8-17(9-7-16)25(27)28/h4-13,23H,1-3H3,(H,21,26). The van der Waals surface area contributed by atoms with Gasteiger partial charge >= 0.3 is 0 Å². The number of hydrogen-bond donors (Lipinski definition) is 2. The molecule has 0 saturated heterocycles. The molecule has 0 spiro atoms. The Kier molecular flexibility index (Phi) is 6.18. The molecule has 0 unspecified atom stereocenters. The summed E-state index contributed by atoms with van der Waals surface area (Å²) < 4.78 is 28.4. The molecule has 0 aliphatic rings. The Labute approximate surface area is 179 Å². The second kappa shape index (κ2) is 8.66. The maximum Gasteiger partial charge on any atom is 0.269 e. The Morgan fingerprint density at radius 2 is 1.71 bits per heavy atom. The van der Waals surface area contributed by atoms with E-state index in [4.69, 9.17) is 0 Å². The highest BCUT2D eigenvalue weighted by Gasteiger charge is 2.17. The quantitative estimate of drug-likeness (QED) is 0.425. The zero-order valence-electron chi connectivity index (χ0n) is 17.1. The van der Waals surface area contributed by atoms with Crippen molar-refractivity contribution in [1.82, 2.24) is 14.5 Å². The minimum absolute atomic E-state index is 0.0554. The second-order valence-corrected chi connectivity index (χ2v) is 8.82. The minimum atomic E-state index is -3.65. The van der Waals surface area contributed by atoms with Crippen LogP contribution in [0.1, 0.15) is 29.9 Å². The molecule has 0 fully saturated rings. The zero-order valence-corrected chi connectivity index (χ0v) is 17.9. The number of sulfonamides is 1. The van der Waals surface area contributed by atoms with E-state index in [9.17, 15) is 23.3 Å². The number of rotatable bonds is 7. The molecular weight excluding hydrogens is 422 g/mol. The molecular formula is C20H21N5O5S. The average Bonchev–Trinajstić information content (AvgIpc) is 3.07. The predicted octanol–water partition coefficient (Wildman–Crippen LogP) is 3.03. The lowest BCUT2D eigenvalue weighted by atomic mass is 10.2. The first-order valence-electron chi connectivity index (χ1n) is 9.32. The number of carbonyl (C=O) groups is 1. The summed E-state index contributed by atoms with van der Waals surface area (Å²) >= 11 is 0. The van der Waals surface area contributed by atoms with E-state index in [0.717, 1.165) is 0 Å². The SMILES string of the molecule is Cc1cc(NC(=O)c2ccc(S(=O)(=O)NC(C)C)cc2)n(-c2ccc([N+](=O)[O-])cc2)n1. The molecule has 162 valence electrons. The largest absolute Gasteiger partial charge is 0.306 e. The van der Waals surface area contributed by atoms with E-state index >= 15 is 0 Å². The van der Waals surface area contributed by atoms with Crippen molar-refractivity contribution < 1.29 is 18.1 Å². The van der Waals surface area contributed by atoms with Gasteiger partial charge in [-0.3, -0.25) is 14.9 Å². The van der Waals surface area contributed by atoms with Gasteiger partial charge in [0.25, 0.3) is 11.6 Å². The predicted molar refractivity (Wildman–Crippen MR) is 115 cm³/mol. The first kappa shape index (κ1) is 22.1. The van der Waals surface area contributed by atoms with Gasteiger partial charge in [0.2, 0.25) is 10.0 Å². The molecule has 3 rings (SSSR count). The number of nitro groups is 1.